The average molecular weight is 295 g/mol. The molecule has 114 valence electrons. The minimum atomic E-state index is -0.0362. The van der Waals surface area contributed by atoms with E-state index in [2.05, 4.69) is 27.3 Å². The molecule has 1 aromatic heterocycles. The number of rotatable bonds is 5. The molecule has 2 aromatic rings. The van der Waals surface area contributed by atoms with Crippen molar-refractivity contribution < 1.29 is 4.79 Å². The molecular formula is C18H21N3O. The maximum Gasteiger partial charge on any atom is 0.255 e. The van der Waals surface area contributed by atoms with Gasteiger partial charge in [0.05, 0.1) is 5.56 Å². The molecule has 1 aromatic carbocycles. The van der Waals surface area contributed by atoms with Crippen LogP contribution in [0.15, 0.2) is 48.7 Å². The maximum atomic E-state index is 12.4. The van der Waals surface area contributed by atoms with Gasteiger partial charge in [-0.3, -0.25) is 4.79 Å². The van der Waals surface area contributed by atoms with Crippen LogP contribution in [0.2, 0.25) is 0 Å². The van der Waals surface area contributed by atoms with E-state index in [-0.39, 0.29) is 5.91 Å². The van der Waals surface area contributed by atoms with Crippen LogP contribution in [-0.4, -0.2) is 30.5 Å². The number of pyridine rings is 1. The summed E-state index contributed by atoms with van der Waals surface area (Å²) in [5, 5.41) is 3.01. The third-order valence-electron chi connectivity index (χ3n) is 3.98. The lowest BCUT2D eigenvalue weighted by molar-refractivity contribution is 0.0954. The summed E-state index contributed by atoms with van der Waals surface area (Å²) in [4.78, 5) is 19.0. The molecule has 3 rings (SSSR count). The van der Waals surface area contributed by atoms with Crippen LogP contribution in [0, 0.1) is 0 Å². The Balaban J connectivity index is 1.62. The molecule has 1 fully saturated rings. The molecule has 1 N–H and O–H groups in total. The normalized spacial score (nSPS) is 14.1. The van der Waals surface area contributed by atoms with Crippen molar-refractivity contribution in [2.75, 3.05) is 24.5 Å². The van der Waals surface area contributed by atoms with Crippen LogP contribution >= 0.6 is 0 Å². The summed E-state index contributed by atoms with van der Waals surface area (Å²) in [5.74, 6) is 0.781. The zero-order valence-electron chi connectivity index (χ0n) is 12.7. The number of nitrogens with one attached hydrogen (secondary N) is 1. The molecule has 0 unspecified atom stereocenters. The third kappa shape index (κ3) is 3.45. The van der Waals surface area contributed by atoms with Crippen LogP contribution < -0.4 is 10.2 Å². The highest BCUT2D eigenvalue weighted by Crippen LogP contribution is 2.21. The van der Waals surface area contributed by atoms with Gasteiger partial charge in [0.25, 0.3) is 5.91 Å². The summed E-state index contributed by atoms with van der Waals surface area (Å²) in [6, 6.07) is 13.9. The Morgan fingerprint density at radius 2 is 1.86 bits per heavy atom. The van der Waals surface area contributed by atoms with Crippen molar-refractivity contribution in [2.24, 2.45) is 0 Å². The molecule has 2 heterocycles. The van der Waals surface area contributed by atoms with Crippen molar-refractivity contribution >= 4 is 11.7 Å². The lowest BCUT2D eigenvalue weighted by Gasteiger charge is -2.19. The summed E-state index contributed by atoms with van der Waals surface area (Å²) in [6.45, 7) is 2.61. The summed E-state index contributed by atoms with van der Waals surface area (Å²) >= 11 is 0. The highest BCUT2D eigenvalue weighted by Gasteiger charge is 2.20. The number of anilines is 1. The maximum absolute atomic E-state index is 12.4. The van der Waals surface area contributed by atoms with Gasteiger partial charge in [0, 0.05) is 25.8 Å². The van der Waals surface area contributed by atoms with Crippen molar-refractivity contribution in [3.05, 3.63) is 59.8 Å². The quantitative estimate of drug-likeness (QED) is 0.922. The van der Waals surface area contributed by atoms with Crippen molar-refractivity contribution in [1.82, 2.24) is 10.3 Å². The van der Waals surface area contributed by atoms with Crippen LogP contribution in [0.25, 0.3) is 0 Å². The Morgan fingerprint density at radius 1 is 1.09 bits per heavy atom. The van der Waals surface area contributed by atoms with E-state index in [4.69, 9.17) is 0 Å². The largest absolute Gasteiger partial charge is 0.356 e. The second-order valence-electron chi connectivity index (χ2n) is 5.56. The van der Waals surface area contributed by atoms with E-state index >= 15 is 0 Å². The standard InChI is InChI=1S/C18H21N3O/c22-18(20-12-10-15-7-2-1-3-8-15)16-9-6-11-19-17(16)21-13-4-5-14-21/h1-3,6-9,11H,4-5,10,12-14H2,(H,20,22). The average Bonchev–Trinajstić information content (AvgIpc) is 3.10. The molecule has 0 spiro atoms. The number of hydrogen-bond donors (Lipinski definition) is 1. The summed E-state index contributed by atoms with van der Waals surface area (Å²) in [6.07, 6.45) is 4.94. The molecule has 0 bridgehead atoms. The Bertz CT molecular complexity index is 621. The Kier molecular flexibility index (Phi) is 4.68. The zero-order chi connectivity index (χ0) is 15.2. The molecule has 22 heavy (non-hydrogen) atoms. The minimum absolute atomic E-state index is 0.0362. The topological polar surface area (TPSA) is 45.2 Å². The Hall–Kier alpha value is -2.36. The smallest absolute Gasteiger partial charge is 0.255 e. The van der Waals surface area contributed by atoms with Crippen LogP contribution in [-0.2, 0) is 6.42 Å². The second kappa shape index (κ2) is 7.07. The number of hydrogen-bond acceptors (Lipinski definition) is 3. The number of carbonyl (C=O) groups is 1. The Labute approximate surface area is 131 Å². The first-order chi connectivity index (χ1) is 10.8. The molecule has 1 aliphatic rings. The van der Waals surface area contributed by atoms with Crippen LogP contribution in [0.4, 0.5) is 5.82 Å². The van der Waals surface area contributed by atoms with Crippen molar-refractivity contribution in [2.45, 2.75) is 19.3 Å². The zero-order valence-corrected chi connectivity index (χ0v) is 12.7. The van der Waals surface area contributed by atoms with E-state index < -0.39 is 0 Å². The molecular weight excluding hydrogens is 274 g/mol. The van der Waals surface area contributed by atoms with E-state index in [0.717, 1.165) is 25.3 Å². The lowest BCUT2D eigenvalue weighted by atomic mass is 10.1. The number of amides is 1. The molecule has 0 atom stereocenters. The molecule has 0 radical (unpaired) electrons. The SMILES string of the molecule is O=C(NCCc1ccccc1)c1cccnc1N1CCCC1. The van der Waals surface area contributed by atoms with Gasteiger partial charge in [-0.1, -0.05) is 30.3 Å². The molecule has 4 nitrogen and oxygen atoms in total. The first kappa shape index (κ1) is 14.6. The van der Waals surface area contributed by atoms with Gasteiger partial charge in [-0.05, 0) is 37.0 Å². The van der Waals surface area contributed by atoms with Gasteiger partial charge in [-0.2, -0.15) is 0 Å². The molecule has 0 saturated carbocycles. The van der Waals surface area contributed by atoms with E-state index in [1.54, 1.807) is 6.20 Å². The first-order valence-corrected chi connectivity index (χ1v) is 7.87. The number of carbonyl (C=O) groups excluding carboxylic acids is 1. The van der Waals surface area contributed by atoms with E-state index in [0.29, 0.717) is 12.1 Å². The molecule has 1 saturated heterocycles. The molecule has 4 heteroatoms. The van der Waals surface area contributed by atoms with Gasteiger partial charge in [0.15, 0.2) is 0 Å². The monoisotopic (exact) mass is 295 g/mol. The van der Waals surface area contributed by atoms with E-state index in [1.807, 2.05) is 30.3 Å². The highest BCUT2D eigenvalue weighted by atomic mass is 16.1. The fourth-order valence-electron chi connectivity index (χ4n) is 2.82. The van der Waals surface area contributed by atoms with Crippen LogP contribution in [0.3, 0.4) is 0 Å². The number of nitrogens with zero attached hydrogens (tertiary/aromatic N) is 2. The van der Waals surface area contributed by atoms with Crippen LogP contribution in [0.1, 0.15) is 28.8 Å². The van der Waals surface area contributed by atoms with Gasteiger partial charge in [-0.15, -0.1) is 0 Å². The third-order valence-corrected chi connectivity index (χ3v) is 3.98. The molecule has 1 amide bonds. The van der Waals surface area contributed by atoms with Crippen molar-refractivity contribution in [1.29, 1.82) is 0 Å². The summed E-state index contributed by atoms with van der Waals surface area (Å²) in [5.41, 5.74) is 1.91. The van der Waals surface area contributed by atoms with Crippen LogP contribution in [0.5, 0.6) is 0 Å². The number of aromatic nitrogens is 1. The molecule has 1 aliphatic heterocycles. The van der Waals surface area contributed by atoms with Gasteiger partial charge in [-0.25, -0.2) is 4.98 Å². The van der Waals surface area contributed by atoms with Gasteiger partial charge < -0.3 is 10.2 Å². The lowest BCUT2D eigenvalue weighted by Crippen LogP contribution is -2.29. The molecule has 0 aliphatic carbocycles. The van der Waals surface area contributed by atoms with E-state index in [9.17, 15) is 4.79 Å². The van der Waals surface area contributed by atoms with Crippen molar-refractivity contribution in [3.63, 3.8) is 0 Å². The highest BCUT2D eigenvalue weighted by molar-refractivity contribution is 5.98. The predicted octanol–water partition coefficient (Wildman–Crippen LogP) is 2.65. The summed E-state index contributed by atoms with van der Waals surface area (Å²) in [7, 11) is 0. The van der Waals surface area contributed by atoms with E-state index in [1.165, 1.54) is 18.4 Å². The Morgan fingerprint density at radius 3 is 2.64 bits per heavy atom. The van der Waals surface area contributed by atoms with Gasteiger partial charge >= 0.3 is 0 Å². The fourth-order valence-corrected chi connectivity index (χ4v) is 2.82. The van der Waals surface area contributed by atoms with Gasteiger partial charge in [0.2, 0.25) is 0 Å². The minimum Gasteiger partial charge on any atom is -0.356 e. The first-order valence-electron chi connectivity index (χ1n) is 7.87. The summed E-state index contributed by atoms with van der Waals surface area (Å²) < 4.78 is 0. The second-order valence-corrected chi connectivity index (χ2v) is 5.56. The van der Waals surface area contributed by atoms with Gasteiger partial charge in [0.1, 0.15) is 5.82 Å². The van der Waals surface area contributed by atoms with Crippen molar-refractivity contribution in [3.8, 4) is 0 Å². The predicted molar refractivity (Wildman–Crippen MR) is 88.2 cm³/mol. The fraction of sp³-hybridized carbons (Fsp3) is 0.333. The number of benzene rings is 1.